The van der Waals surface area contributed by atoms with Crippen LogP contribution in [0.1, 0.15) is 10.9 Å². The normalized spacial score (nSPS) is 11.6. The first-order valence-electron chi connectivity index (χ1n) is 9.30. The number of ether oxygens (including phenoxy) is 1. The quantitative estimate of drug-likeness (QED) is 0.351. The van der Waals surface area contributed by atoms with Crippen LogP contribution in [0.3, 0.4) is 0 Å². The second kappa shape index (κ2) is 9.57. The monoisotopic (exact) mass is 480 g/mol. The van der Waals surface area contributed by atoms with E-state index in [1.54, 1.807) is 11.3 Å². The van der Waals surface area contributed by atoms with E-state index in [0.717, 1.165) is 33.1 Å². The second-order valence-corrected chi connectivity index (χ2v) is 8.46. The molecule has 0 atom stereocenters. The molecule has 4 aromatic rings. The van der Waals surface area contributed by atoms with Gasteiger partial charge in [-0.25, -0.2) is 4.98 Å². The van der Waals surface area contributed by atoms with Crippen molar-refractivity contribution in [3.8, 4) is 5.75 Å². The molecule has 2 heterocycles. The third-order valence-electron chi connectivity index (χ3n) is 4.05. The Morgan fingerprint density at radius 1 is 1.09 bits per heavy atom. The van der Waals surface area contributed by atoms with Gasteiger partial charge in [0.2, 0.25) is 11.8 Å². The van der Waals surface area contributed by atoms with E-state index in [9.17, 15) is 18.0 Å². The molecular formula is C20H15F3N4O3S2. The molecule has 166 valence electrons. The molecule has 0 saturated carbocycles. The summed E-state index contributed by atoms with van der Waals surface area (Å²) in [5, 5.41) is 11.4. The number of nitrogens with zero attached hydrogens (tertiary/aromatic N) is 3. The molecule has 2 aromatic carbocycles. The van der Waals surface area contributed by atoms with Crippen LogP contribution in [0.4, 0.5) is 18.9 Å². The van der Waals surface area contributed by atoms with E-state index in [4.69, 9.17) is 4.42 Å². The Kier molecular flexibility index (Phi) is 6.61. The van der Waals surface area contributed by atoms with Gasteiger partial charge in [-0.1, -0.05) is 36.0 Å². The number of carbonyl (C=O) groups is 1. The Labute approximate surface area is 188 Å². The zero-order chi connectivity index (χ0) is 22.6. The van der Waals surface area contributed by atoms with Crippen LogP contribution >= 0.6 is 23.1 Å². The van der Waals surface area contributed by atoms with Crippen LogP contribution in [0, 0.1) is 0 Å². The number of alkyl halides is 3. The fourth-order valence-corrected chi connectivity index (χ4v) is 4.28. The number of thiazole rings is 1. The number of hydrogen-bond acceptors (Lipinski definition) is 8. The molecule has 12 heteroatoms. The van der Waals surface area contributed by atoms with Gasteiger partial charge in [-0.2, -0.15) is 0 Å². The molecule has 0 aliphatic rings. The van der Waals surface area contributed by atoms with Crippen molar-refractivity contribution in [1.29, 1.82) is 0 Å². The van der Waals surface area contributed by atoms with Gasteiger partial charge in [-0.05, 0) is 24.3 Å². The van der Waals surface area contributed by atoms with Crippen LogP contribution in [-0.2, 0) is 17.6 Å². The third kappa shape index (κ3) is 5.98. The highest BCUT2D eigenvalue weighted by molar-refractivity contribution is 7.99. The summed E-state index contributed by atoms with van der Waals surface area (Å²) in [6, 6.07) is 13.2. The number of carbonyl (C=O) groups excluding carboxylic acids is 1. The maximum atomic E-state index is 12.5. The summed E-state index contributed by atoms with van der Waals surface area (Å²) in [5.41, 5.74) is 0.861. The lowest BCUT2D eigenvalue weighted by Crippen LogP contribution is -2.20. The third-order valence-corrected chi connectivity index (χ3v) is 5.97. The molecule has 0 fully saturated rings. The molecule has 0 aliphatic carbocycles. The first kappa shape index (κ1) is 22.1. The lowest BCUT2D eigenvalue weighted by atomic mass is 10.3. The van der Waals surface area contributed by atoms with Crippen LogP contribution in [0.2, 0.25) is 0 Å². The number of hydrogen-bond donors (Lipinski definition) is 1. The van der Waals surface area contributed by atoms with Gasteiger partial charge in [0.05, 0.1) is 26.7 Å². The van der Waals surface area contributed by atoms with Gasteiger partial charge in [-0.3, -0.25) is 4.79 Å². The van der Waals surface area contributed by atoms with Crippen LogP contribution in [0.15, 0.2) is 58.2 Å². The Hall–Kier alpha value is -3.12. The molecule has 0 saturated heterocycles. The summed E-state index contributed by atoms with van der Waals surface area (Å²) in [6.45, 7) is 0. The average molecular weight is 480 g/mol. The highest BCUT2D eigenvalue weighted by Gasteiger charge is 2.32. The number of thioether (sulfide) groups is 1. The molecule has 0 bridgehead atoms. The Bertz CT molecular complexity index is 1190. The summed E-state index contributed by atoms with van der Waals surface area (Å²) in [7, 11) is 0. The minimum Gasteiger partial charge on any atom is -0.416 e. The fraction of sp³-hybridized carbons (Fsp3) is 0.200. The predicted octanol–water partition coefficient (Wildman–Crippen LogP) is 5.09. The van der Waals surface area contributed by atoms with E-state index in [1.165, 1.54) is 18.2 Å². The number of aromatic nitrogens is 3. The number of rotatable bonds is 8. The van der Waals surface area contributed by atoms with E-state index in [1.807, 2.05) is 24.3 Å². The molecule has 1 amide bonds. The molecule has 0 unspecified atom stereocenters. The van der Waals surface area contributed by atoms with Crippen molar-refractivity contribution in [2.45, 2.75) is 24.4 Å². The first-order valence-corrected chi connectivity index (χ1v) is 11.1. The van der Waals surface area contributed by atoms with E-state index in [-0.39, 0.29) is 16.7 Å². The van der Waals surface area contributed by atoms with Gasteiger partial charge in [0.25, 0.3) is 5.22 Å². The standard InChI is InChI=1S/C20H15F3N4O3S2/c21-20(22,23)30-14-7-3-1-5-12(14)24-16(28)11-31-19-27-26-17(29-19)9-10-18-25-13-6-2-4-8-15(13)32-18/h1-8H,9-11H2,(H,24,28). The molecular weight excluding hydrogens is 465 g/mol. The van der Waals surface area contributed by atoms with E-state index >= 15 is 0 Å². The zero-order valence-electron chi connectivity index (χ0n) is 16.3. The minimum atomic E-state index is -4.86. The Morgan fingerprint density at radius 2 is 1.88 bits per heavy atom. The fourth-order valence-electron chi connectivity index (χ4n) is 2.74. The van der Waals surface area contributed by atoms with Gasteiger partial charge in [0.15, 0.2) is 5.75 Å². The van der Waals surface area contributed by atoms with Crippen molar-refractivity contribution in [3.05, 3.63) is 59.4 Å². The number of amides is 1. The Morgan fingerprint density at radius 3 is 2.69 bits per heavy atom. The van der Waals surface area contributed by atoms with Gasteiger partial charge in [0.1, 0.15) is 0 Å². The van der Waals surface area contributed by atoms with Crippen molar-refractivity contribution in [2.75, 3.05) is 11.1 Å². The molecule has 7 nitrogen and oxygen atoms in total. The highest BCUT2D eigenvalue weighted by Crippen LogP contribution is 2.30. The molecule has 32 heavy (non-hydrogen) atoms. The summed E-state index contributed by atoms with van der Waals surface area (Å²) < 4.78 is 48.0. The van der Waals surface area contributed by atoms with Crippen LogP contribution < -0.4 is 10.1 Å². The van der Waals surface area contributed by atoms with Gasteiger partial charge >= 0.3 is 6.36 Å². The number of para-hydroxylation sites is 3. The van der Waals surface area contributed by atoms with Crippen molar-refractivity contribution >= 4 is 44.9 Å². The molecule has 2 aromatic heterocycles. The minimum absolute atomic E-state index is 0.0857. The van der Waals surface area contributed by atoms with Crippen LogP contribution in [0.25, 0.3) is 10.2 Å². The first-order chi connectivity index (χ1) is 15.4. The van der Waals surface area contributed by atoms with Crippen LogP contribution in [-0.4, -0.2) is 33.2 Å². The molecule has 0 aliphatic heterocycles. The van der Waals surface area contributed by atoms with E-state index in [0.29, 0.717) is 18.7 Å². The number of nitrogens with one attached hydrogen (secondary N) is 1. The number of aryl methyl sites for hydroxylation is 2. The van der Waals surface area contributed by atoms with Crippen molar-refractivity contribution in [3.63, 3.8) is 0 Å². The van der Waals surface area contributed by atoms with E-state index in [2.05, 4.69) is 25.2 Å². The van der Waals surface area contributed by atoms with Crippen molar-refractivity contribution in [1.82, 2.24) is 15.2 Å². The molecule has 1 N–H and O–H groups in total. The van der Waals surface area contributed by atoms with Gasteiger partial charge in [0, 0.05) is 12.8 Å². The molecule has 0 radical (unpaired) electrons. The lowest BCUT2D eigenvalue weighted by molar-refractivity contribution is -0.274. The highest BCUT2D eigenvalue weighted by atomic mass is 32.2. The lowest BCUT2D eigenvalue weighted by Gasteiger charge is -2.13. The maximum Gasteiger partial charge on any atom is 0.573 e. The number of benzene rings is 2. The molecule has 0 spiro atoms. The number of halogens is 3. The number of anilines is 1. The summed E-state index contributed by atoms with van der Waals surface area (Å²) in [4.78, 5) is 16.7. The average Bonchev–Trinajstić information content (AvgIpc) is 3.37. The van der Waals surface area contributed by atoms with Crippen molar-refractivity contribution < 1.29 is 27.1 Å². The van der Waals surface area contributed by atoms with Crippen molar-refractivity contribution in [2.24, 2.45) is 0 Å². The Balaban J connectivity index is 1.28. The van der Waals surface area contributed by atoms with Gasteiger partial charge in [-0.15, -0.1) is 34.7 Å². The smallest absolute Gasteiger partial charge is 0.416 e. The molecule has 4 rings (SSSR count). The SMILES string of the molecule is O=C(CSc1nnc(CCc2nc3ccccc3s2)o1)Nc1ccccc1OC(F)(F)F. The van der Waals surface area contributed by atoms with E-state index < -0.39 is 18.0 Å². The zero-order valence-corrected chi connectivity index (χ0v) is 17.9. The summed E-state index contributed by atoms with van der Waals surface area (Å²) in [5.74, 6) is -0.744. The largest absolute Gasteiger partial charge is 0.573 e. The number of fused-ring (bicyclic) bond motifs is 1. The van der Waals surface area contributed by atoms with Crippen LogP contribution in [0.5, 0.6) is 5.75 Å². The summed E-state index contributed by atoms with van der Waals surface area (Å²) >= 11 is 2.59. The second-order valence-electron chi connectivity index (χ2n) is 6.42. The maximum absolute atomic E-state index is 12.5. The summed E-state index contributed by atoms with van der Waals surface area (Å²) in [6.07, 6.45) is -3.72. The predicted molar refractivity (Wildman–Crippen MR) is 114 cm³/mol. The van der Waals surface area contributed by atoms with Gasteiger partial charge < -0.3 is 14.5 Å². The topological polar surface area (TPSA) is 90.1 Å².